The molecule has 168 valence electrons. The molecule has 28 heavy (non-hydrogen) atoms. The van der Waals surface area contributed by atoms with Gasteiger partial charge >= 0.3 is 0 Å². The summed E-state index contributed by atoms with van der Waals surface area (Å²) in [6, 6.07) is 0. The zero-order valence-corrected chi connectivity index (χ0v) is 19.4. The van der Waals surface area contributed by atoms with Crippen LogP contribution in [0, 0.1) is 5.41 Å². The number of hydrogen-bond donors (Lipinski definition) is 2. The highest BCUT2D eigenvalue weighted by Gasteiger charge is 2.21. The van der Waals surface area contributed by atoms with Crippen LogP contribution in [0.15, 0.2) is 0 Å². The molecule has 0 rings (SSSR count). The van der Waals surface area contributed by atoms with Gasteiger partial charge in [0.05, 0.1) is 18.3 Å². The summed E-state index contributed by atoms with van der Waals surface area (Å²) < 4.78 is 16.6. The van der Waals surface area contributed by atoms with Gasteiger partial charge in [0.25, 0.3) is 0 Å². The molecule has 0 radical (unpaired) electrons. The van der Waals surface area contributed by atoms with E-state index in [2.05, 4.69) is 5.32 Å². The highest BCUT2D eigenvalue weighted by molar-refractivity contribution is 5.85. The monoisotopic (exact) mass is 404 g/mol. The van der Waals surface area contributed by atoms with E-state index in [0.29, 0.717) is 26.3 Å². The average molecular weight is 405 g/mol. The Hall–Kier alpha value is -1.02. The first-order valence-corrected chi connectivity index (χ1v) is 10.3. The molecule has 7 heteroatoms. The van der Waals surface area contributed by atoms with E-state index in [0.717, 1.165) is 12.8 Å². The lowest BCUT2D eigenvalue weighted by Crippen LogP contribution is -2.33. The topological polar surface area (TPSA) is 99.9 Å². The van der Waals surface area contributed by atoms with Gasteiger partial charge in [-0.3, -0.25) is 9.59 Å². The van der Waals surface area contributed by atoms with Gasteiger partial charge in [-0.1, -0.05) is 34.6 Å². The summed E-state index contributed by atoms with van der Waals surface area (Å²) in [5, 5.41) is 2.70. The van der Waals surface area contributed by atoms with E-state index in [1.54, 1.807) is 0 Å². The summed E-state index contributed by atoms with van der Waals surface area (Å²) in [4.78, 5) is 23.3. The summed E-state index contributed by atoms with van der Waals surface area (Å²) in [6.45, 7) is 17.3. The summed E-state index contributed by atoms with van der Waals surface area (Å²) in [7, 11) is 0. The first-order valence-electron chi connectivity index (χ1n) is 10.3. The third kappa shape index (κ3) is 17.1. The van der Waals surface area contributed by atoms with Gasteiger partial charge in [0, 0.05) is 18.6 Å². The molecule has 3 N–H and O–H groups in total. The molecule has 7 nitrogen and oxygen atoms in total. The Kier molecular flexibility index (Phi) is 16.5. The normalized spacial score (nSPS) is 12.8. The average Bonchev–Trinajstić information content (AvgIpc) is 2.59. The molecular formula is C21H44N2O5. The standard InChI is InChI=1S/C19H38N2O5.C2H6/c1-15(7-11-26-19(5,6)8-9-20)25-12-10-21-17(23)14-24-13-16(22)18(2,3)4;1-2/h15H,7-14,20H2,1-6H3,(H,21,23);1-2H3. The van der Waals surface area contributed by atoms with Crippen molar-refractivity contribution in [1.29, 1.82) is 0 Å². The maximum Gasteiger partial charge on any atom is 0.246 e. The van der Waals surface area contributed by atoms with Gasteiger partial charge in [-0.15, -0.1) is 0 Å². The Morgan fingerprint density at radius 1 is 1.04 bits per heavy atom. The number of nitrogens with one attached hydrogen (secondary N) is 1. The molecule has 1 unspecified atom stereocenters. The van der Waals surface area contributed by atoms with E-state index in [1.807, 2.05) is 55.4 Å². The van der Waals surface area contributed by atoms with Crippen molar-refractivity contribution in [2.45, 2.75) is 79.9 Å². The maximum absolute atomic E-state index is 11.7. The van der Waals surface area contributed by atoms with E-state index < -0.39 is 5.41 Å². The van der Waals surface area contributed by atoms with Crippen molar-refractivity contribution in [1.82, 2.24) is 5.32 Å². The number of carbonyl (C=O) groups excluding carboxylic acids is 2. The molecule has 0 saturated carbocycles. The summed E-state index contributed by atoms with van der Waals surface area (Å²) in [6.07, 6.45) is 1.64. The second-order valence-electron chi connectivity index (χ2n) is 8.13. The number of hydrogen-bond acceptors (Lipinski definition) is 6. The van der Waals surface area contributed by atoms with Gasteiger partial charge in [-0.25, -0.2) is 0 Å². The number of Topliss-reactive ketones (excluding diaryl/α,β-unsaturated/α-hetero) is 1. The van der Waals surface area contributed by atoms with Crippen molar-refractivity contribution >= 4 is 11.7 Å². The number of ketones is 1. The Balaban J connectivity index is 0. The van der Waals surface area contributed by atoms with Crippen molar-refractivity contribution in [2.75, 3.05) is 39.5 Å². The number of ether oxygens (including phenoxy) is 3. The van der Waals surface area contributed by atoms with Crippen LogP contribution in [-0.2, 0) is 23.8 Å². The predicted molar refractivity (Wildman–Crippen MR) is 113 cm³/mol. The molecule has 0 heterocycles. The van der Waals surface area contributed by atoms with E-state index in [-0.39, 0.29) is 36.6 Å². The summed E-state index contributed by atoms with van der Waals surface area (Å²) >= 11 is 0. The number of rotatable bonds is 14. The minimum absolute atomic E-state index is 0.0284. The number of carbonyl (C=O) groups is 2. The lowest BCUT2D eigenvalue weighted by atomic mass is 9.91. The maximum atomic E-state index is 11.7. The fourth-order valence-electron chi connectivity index (χ4n) is 1.96. The highest BCUT2D eigenvalue weighted by atomic mass is 16.5. The van der Waals surface area contributed by atoms with Crippen LogP contribution in [0.4, 0.5) is 0 Å². The van der Waals surface area contributed by atoms with Crippen LogP contribution in [0.2, 0.25) is 0 Å². The lowest BCUT2D eigenvalue weighted by Gasteiger charge is -2.25. The van der Waals surface area contributed by atoms with Crippen molar-refractivity contribution in [3.63, 3.8) is 0 Å². The van der Waals surface area contributed by atoms with E-state index in [4.69, 9.17) is 19.9 Å². The van der Waals surface area contributed by atoms with Gasteiger partial charge in [-0.05, 0) is 40.2 Å². The molecular weight excluding hydrogens is 360 g/mol. The van der Waals surface area contributed by atoms with Crippen LogP contribution in [0.1, 0.15) is 68.2 Å². The van der Waals surface area contributed by atoms with Crippen LogP contribution in [0.3, 0.4) is 0 Å². The summed E-state index contributed by atoms with van der Waals surface area (Å²) in [5.41, 5.74) is 4.88. The molecule has 0 aromatic heterocycles. The summed E-state index contributed by atoms with van der Waals surface area (Å²) in [5.74, 6) is -0.283. The van der Waals surface area contributed by atoms with E-state index in [9.17, 15) is 9.59 Å². The van der Waals surface area contributed by atoms with E-state index >= 15 is 0 Å². The fraction of sp³-hybridized carbons (Fsp3) is 0.905. The minimum atomic E-state index is -0.455. The first-order chi connectivity index (χ1) is 13.0. The molecule has 0 fully saturated rings. The molecule has 1 amide bonds. The second kappa shape index (κ2) is 15.9. The third-order valence-corrected chi connectivity index (χ3v) is 3.89. The van der Waals surface area contributed by atoms with Crippen molar-refractivity contribution in [3.8, 4) is 0 Å². The zero-order chi connectivity index (χ0) is 22.2. The van der Waals surface area contributed by atoms with Gasteiger partial charge in [0.1, 0.15) is 13.2 Å². The number of amides is 1. The van der Waals surface area contributed by atoms with Crippen LogP contribution >= 0.6 is 0 Å². The van der Waals surface area contributed by atoms with Gasteiger partial charge in [0.2, 0.25) is 5.91 Å². The highest BCUT2D eigenvalue weighted by Crippen LogP contribution is 2.15. The molecule has 0 aromatic rings. The third-order valence-electron chi connectivity index (χ3n) is 3.89. The fourth-order valence-corrected chi connectivity index (χ4v) is 1.96. The molecule has 0 bridgehead atoms. The quantitative estimate of drug-likeness (QED) is 0.432. The molecule has 0 aliphatic rings. The molecule has 0 aliphatic carbocycles. The molecule has 0 aliphatic heterocycles. The molecule has 0 aromatic carbocycles. The Morgan fingerprint density at radius 3 is 2.18 bits per heavy atom. The zero-order valence-electron chi connectivity index (χ0n) is 19.4. The Bertz CT molecular complexity index is 420. The van der Waals surface area contributed by atoms with Crippen molar-refractivity contribution < 1.29 is 23.8 Å². The van der Waals surface area contributed by atoms with Crippen LogP contribution in [-0.4, -0.2) is 62.9 Å². The molecule has 0 spiro atoms. The molecule has 0 saturated heterocycles. The predicted octanol–water partition coefficient (Wildman–Crippen LogP) is 2.70. The lowest BCUT2D eigenvalue weighted by molar-refractivity contribution is -0.134. The van der Waals surface area contributed by atoms with Crippen molar-refractivity contribution in [2.24, 2.45) is 11.1 Å². The van der Waals surface area contributed by atoms with Crippen LogP contribution < -0.4 is 11.1 Å². The van der Waals surface area contributed by atoms with Crippen molar-refractivity contribution in [3.05, 3.63) is 0 Å². The smallest absolute Gasteiger partial charge is 0.246 e. The Labute approximate surface area is 172 Å². The van der Waals surface area contributed by atoms with Gasteiger partial charge in [-0.2, -0.15) is 0 Å². The van der Waals surface area contributed by atoms with Crippen LogP contribution in [0.5, 0.6) is 0 Å². The first kappa shape index (κ1) is 29.2. The second-order valence-corrected chi connectivity index (χ2v) is 8.13. The van der Waals surface area contributed by atoms with Crippen LogP contribution in [0.25, 0.3) is 0 Å². The largest absolute Gasteiger partial charge is 0.377 e. The van der Waals surface area contributed by atoms with E-state index in [1.165, 1.54) is 0 Å². The minimum Gasteiger partial charge on any atom is -0.377 e. The van der Waals surface area contributed by atoms with Gasteiger partial charge in [0.15, 0.2) is 5.78 Å². The number of nitrogens with two attached hydrogens (primary N) is 1. The SMILES string of the molecule is CC.CC(CCOC(C)(C)CCN)OCCNC(=O)COCC(=O)C(C)(C)C. The van der Waals surface area contributed by atoms with Gasteiger partial charge < -0.3 is 25.3 Å². The molecule has 1 atom stereocenters. The Morgan fingerprint density at radius 2 is 1.64 bits per heavy atom.